The molecule has 0 radical (unpaired) electrons. The van der Waals surface area contributed by atoms with E-state index >= 15 is 0 Å². The van der Waals surface area contributed by atoms with Crippen molar-refractivity contribution in [1.82, 2.24) is 9.78 Å². The Hall–Kier alpha value is -3.92. The average molecular weight is 423 g/mol. The van der Waals surface area contributed by atoms with Gasteiger partial charge in [0.15, 0.2) is 0 Å². The zero-order valence-electron chi connectivity index (χ0n) is 18.5. The highest BCUT2D eigenvalue weighted by molar-refractivity contribution is 5.88. The highest BCUT2D eigenvalue weighted by atomic mass is 16.4. The van der Waals surface area contributed by atoms with Gasteiger partial charge in [0.1, 0.15) is 0 Å². The number of para-hydroxylation sites is 1. The minimum atomic E-state index is -0.936. The Morgan fingerprint density at radius 2 is 1.53 bits per heavy atom. The van der Waals surface area contributed by atoms with Crippen molar-refractivity contribution in [1.29, 1.82) is 0 Å². The van der Waals surface area contributed by atoms with Gasteiger partial charge in [-0.2, -0.15) is 5.10 Å². The lowest BCUT2D eigenvalue weighted by atomic mass is 9.87. The highest BCUT2D eigenvalue weighted by Gasteiger charge is 2.13. The van der Waals surface area contributed by atoms with Crippen molar-refractivity contribution in [2.24, 2.45) is 0 Å². The second kappa shape index (κ2) is 8.67. The molecule has 0 saturated carbocycles. The second-order valence-electron chi connectivity index (χ2n) is 8.79. The topological polar surface area (TPSA) is 55.1 Å². The predicted molar refractivity (Wildman–Crippen MR) is 130 cm³/mol. The van der Waals surface area contributed by atoms with Gasteiger partial charge in [0, 0.05) is 5.56 Å². The molecule has 3 aromatic carbocycles. The molecule has 0 aliphatic heterocycles. The minimum Gasteiger partial charge on any atom is -0.478 e. The molecule has 1 aromatic heterocycles. The zero-order valence-corrected chi connectivity index (χ0v) is 18.5. The molecular weight excluding hydrogens is 396 g/mol. The van der Waals surface area contributed by atoms with E-state index in [9.17, 15) is 9.90 Å². The fraction of sp³-hybridized carbons (Fsp3) is 0.143. The maximum atomic E-state index is 11.2. The third-order valence-electron chi connectivity index (χ3n) is 5.38. The maximum Gasteiger partial charge on any atom is 0.335 e. The van der Waals surface area contributed by atoms with Crippen molar-refractivity contribution < 1.29 is 9.90 Å². The van der Waals surface area contributed by atoms with Crippen LogP contribution in [0.1, 0.15) is 48.0 Å². The van der Waals surface area contributed by atoms with E-state index in [-0.39, 0.29) is 11.0 Å². The number of hydrogen-bond acceptors (Lipinski definition) is 2. The molecule has 4 heteroatoms. The van der Waals surface area contributed by atoms with Crippen molar-refractivity contribution in [3.63, 3.8) is 0 Å². The van der Waals surface area contributed by atoms with E-state index in [2.05, 4.69) is 51.1 Å². The summed E-state index contributed by atoms with van der Waals surface area (Å²) in [6.07, 6.45) is 4.06. The van der Waals surface area contributed by atoms with E-state index in [1.54, 1.807) is 12.1 Å². The molecule has 160 valence electrons. The van der Waals surface area contributed by atoms with Crippen LogP contribution in [0.4, 0.5) is 0 Å². The molecule has 0 fully saturated rings. The molecule has 1 N–H and O–H groups in total. The van der Waals surface area contributed by atoms with Gasteiger partial charge >= 0.3 is 5.97 Å². The summed E-state index contributed by atoms with van der Waals surface area (Å²) >= 11 is 0. The van der Waals surface area contributed by atoms with E-state index in [4.69, 9.17) is 5.10 Å². The lowest BCUT2D eigenvalue weighted by Crippen LogP contribution is -2.10. The standard InChI is InChI=1S/C28H26N2O2/c1-28(2,3)23-16-9-20(10-17-23)11-18-24-19-26(21-12-14-22(15-13-21)27(31)32)30(29-24)25-7-5-4-6-8-25/h4-19H,1-3H3,(H,31,32). The number of aromatic carboxylic acids is 1. The molecule has 0 atom stereocenters. The summed E-state index contributed by atoms with van der Waals surface area (Å²) < 4.78 is 1.89. The first-order chi connectivity index (χ1) is 15.3. The van der Waals surface area contributed by atoms with Gasteiger partial charge in [-0.05, 0) is 52.9 Å². The van der Waals surface area contributed by atoms with Gasteiger partial charge in [0.05, 0.1) is 22.6 Å². The van der Waals surface area contributed by atoms with Gasteiger partial charge in [-0.15, -0.1) is 0 Å². The Kier molecular flexibility index (Phi) is 5.78. The van der Waals surface area contributed by atoms with E-state index in [0.29, 0.717) is 0 Å². The summed E-state index contributed by atoms with van der Waals surface area (Å²) in [7, 11) is 0. The number of carbonyl (C=O) groups is 1. The number of rotatable bonds is 5. The number of nitrogens with zero attached hydrogens (tertiary/aromatic N) is 2. The number of aromatic nitrogens is 2. The van der Waals surface area contributed by atoms with Gasteiger partial charge in [-0.1, -0.05) is 81.4 Å². The van der Waals surface area contributed by atoms with Crippen molar-refractivity contribution in [2.45, 2.75) is 26.2 Å². The first kappa shape index (κ1) is 21.3. The molecule has 0 saturated heterocycles. The number of benzene rings is 3. The molecule has 0 unspecified atom stereocenters. The van der Waals surface area contributed by atoms with Crippen LogP contribution in [0.2, 0.25) is 0 Å². The Morgan fingerprint density at radius 3 is 2.12 bits per heavy atom. The SMILES string of the molecule is CC(C)(C)c1ccc(C=Cc2cc(-c3ccc(C(=O)O)cc3)n(-c3ccccc3)n2)cc1. The monoisotopic (exact) mass is 422 g/mol. The molecular formula is C28H26N2O2. The highest BCUT2D eigenvalue weighted by Crippen LogP contribution is 2.26. The van der Waals surface area contributed by atoms with Crippen molar-refractivity contribution >= 4 is 18.1 Å². The van der Waals surface area contributed by atoms with Crippen LogP contribution in [0.25, 0.3) is 29.1 Å². The number of carboxylic acid groups (broad SMARTS) is 1. The van der Waals surface area contributed by atoms with Gasteiger partial charge in [-0.3, -0.25) is 0 Å². The molecule has 1 heterocycles. The third kappa shape index (κ3) is 4.70. The molecule has 4 nitrogen and oxygen atoms in total. The van der Waals surface area contributed by atoms with Gasteiger partial charge < -0.3 is 5.11 Å². The lowest BCUT2D eigenvalue weighted by Gasteiger charge is -2.18. The van der Waals surface area contributed by atoms with Crippen molar-refractivity contribution in [2.75, 3.05) is 0 Å². The third-order valence-corrected chi connectivity index (χ3v) is 5.38. The molecule has 0 aliphatic rings. The normalized spacial score (nSPS) is 11.7. The van der Waals surface area contributed by atoms with Crippen molar-refractivity contribution in [3.05, 3.63) is 107 Å². The Labute approximate surface area is 188 Å². The van der Waals surface area contributed by atoms with Crippen LogP contribution in [0.15, 0.2) is 84.9 Å². The van der Waals surface area contributed by atoms with Crippen LogP contribution in [0.5, 0.6) is 0 Å². The summed E-state index contributed by atoms with van der Waals surface area (Å²) in [4.78, 5) is 11.2. The molecule has 4 aromatic rings. The van der Waals surface area contributed by atoms with E-state index in [1.807, 2.05) is 59.3 Å². The number of hydrogen-bond donors (Lipinski definition) is 1. The van der Waals surface area contributed by atoms with E-state index in [1.165, 1.54) is 5.56 Å². The summed E-state index contributed by atoms with van der Waals surface area (Å²) in [5, 5.41) is 14.0. The summed E-state index contributed by atoms with van der Waals surface area (Å²) in [6.45, 7) is 6.62. The Morgan fingerprint density at radius 1 is 0.875 bits per heavy atom. The molecule has 0 amide bonds. The Bertz CT molecular complexity index is 1240. The smallest absolute Gasteiger partial charge is 0.335 e. The number of carboxylic acids is 1. The zero-order chi connectivity index (χ0) is 22.7. The largest absolute Gasteiger partial charge is 0.478 e. The minimum absolute atomic E-state index is 0.127. The predicted octanol–water partition coefficient (Wildman–Crippen LogP) is 6.71. The molecule has 0 bridgehead atoms. The van der Waals surface area contributed by atoms with Crippen LogP contribution in [0, 0.1) is 0 Å². The quantitative estimate of drug-likeness (QED) is 0.389. The maximum absolute atomic E-state index is 11.2. The Balaban J connectivity index is 1.69. The summed E-state index contributed by atoms with van der Waals surface area (Å²) in [5.74, 6) is -0.936. The second-order valence-corrected chi connectivity index (χ2v) is 8.79. The van der Waals surface area contributed by atoms with Crippen LogP contribution >= 0.6 is 0 Å². The molecule has 0 spiro atoms. The first-order valence-electron chi connectivity index (χ1n) is 10.6. The fourth-order valence-electron chi connectivity index (χ4n) is 3.51. The first-order valence-corrected chi connectivity index (χ1v) is 10.6. The molecule has 0 aliphatic carbocycles. The lowest BCUT2D eigenvalue weighted by molar-refractivity contribution is 0.0697. The van der Waals surface area contributed by atoms with Crippen LogP contribution < -0.4 is 0 Å². The van der Waals surface area contributed by atoms with E-state index < -0.39 is 5.97 Å². The van der Waals surface area contributed by atoms with Crippen LogP contribution in [-0.4, -0.2) is 20.9 Å². The van der Waals surface area contributed by atoms with Gasteiger partial charge in [0.2, 0.25) is 0 Å². The molecule has 32 heavy (non-hydrogen) atoms. The summed E-state index contributed by atoms with van der Waals surface area (Å²) in [6, 6.07) is 27.4. The van der Waals surface area contributed by atoms with Gasteiger partial charge in [-0.25, -0.2) is 9.48 Å². The van der Waals surface area contributed by atoms with Gasteiger partial charge in [0.25, 0.3) is 0 Å². The van der Waals surface area contributed by atoms with Crippen LogP contribution in [0.3, 0.4) is 0 Å². The average Bonchev–Trinajstić information content (AvgIpc) is 3.22. The van der Waals surface area contributed by atoms with Crippen LogP contribution in [-0.2, 0) is 5.41 Å². The molecule has 4 rings (SSSR count). The van der Waals surface area contributed by atoms with Crippen molar-refractivity contribution in [3.8, 4) is 16.9 Å². The van der Waals surface area contributed by atoms with E-state index in [0.717, 1.165) is 28.2 Å². The summed E-state index contributed by atoms with van der Waals surface area (Å²) in [5.41, 5.74) is 6.37. The fourth-order valence-corrected chi connectivity index (χ4v) is 3.51.